The third-order valence-corrected chi connectivity index (χ3v) is 2.93. The van der Waals surface area contributed by atoms with Crippen LogP contribution in [0.25, 0.3) is 0 Å². The quantitative estimate of drug-likeness (QED) is 0.393. The van der Waals surface area contributed by atoms with E-state index in [9.17, 15) is 14.4 Å². The SMILES string of the molecule is C#CCCC[C@@H](NC(=O)[C@@H]1CCC(=O)N1)C(=O)OC. The summed E-state index contributed by atoms with van der Waals surface area (Å²) in [5.41, 5.74) is 0. The summed E-state index contributed by atoms with van der Waals surface area (Å²) in [5.74, 6) is 1.46. The van der Waals surface area contributed by atoms with Gasteiger partial charge in [0.25, 0.3) is 0 Å². The minimum absolute atomic E-state index is 0.151. The number of methoxy groups -OCH3 is 1. The topological polar surface area (TPSA) is 84.5 Å². The third-order valence-electron chi connectivity index (χ3n) is 2.93. The lowest BCUT2D eigenvalue weighted by atomic mass is 10.1. The Hall–Kier alpha value is -2.03. The fourth-order valence-electron chi connectivity index (χ4n) is 1.88. The number of nitrogens with one attached hydrogen (secondary N) is 2. The van der Waals surface area contributed by atoms with Gasteiger partial charge in [-0.15, -0.1) is 12.3 Å². The summed E-state index contributed by atoms with van der Waals surface area (Å²) in [4.78, 5) is 34.5. The summed E-state index contributed by atoms with van der Waals surface area (Å²) in [6.45, 7) is 0. The molecule has 1 fully saturated rings. The van der Waals surface area contributed by atoms with Gasteiger partial charge in [-0.3, -0.25) is 9.59 Å². The summed E-state index contributed by atoms with van der Waals surface area (Å²) >= 11 is 0. The molecule has 0 spiro atoms. The number of amides is 2. The molecule has 1 heterocycles. The molecule has 0 aromatic heterocycles. The van der Waals surface area contributed by atoms with Crippen molar-refractivity contribution in [3.05, 3.63) is 0 Å². The summed E-state index contributed by atoms with van der Waals surface area (Å²) < 4.78 is 4.64. The largest absolute Gasteiger partial charge is 0.467 e. The number of carbonyl (C=O) groups is 3. The van der Waals surface area contributed by atoms with Gasteiger partial charge in [-0.1, -0.05) is 0 Å². The van der Waals surface area contributed by atoms with Crippen LogP contribution in [0.4, 0.5) is 0 Å². The lowest BCUT2D eigenvalue weighted by Gasteiger charge is -2.18. The van der Waals surface area contributed by atoms with Gasteiger partial charge in [0.15, 0.2) is 0 Å². The van der Waals surface area contributed by atoms with Crippen molar-refractivity contribution >= 4 is 17.8 Å². The van der Waals surface area contributed by atoms with Crippen LogP contribution in [0.15, 0.2) is 0 Å². The minimum atomic E-state index is -0.719. The predicted molar refractivity (Wildman–Crippen MR) is 67.8 cm³/mol. The number of ether oxygens (including phenoxy) is 1. The molecule has 6 heteroatoms. The molecule has 2 amide bonds. The molecule has 1 aliphatic heterocycles. The molecular formula is C13H18N2O4. The Balaban J connectivity index is 2.51. The standard InChI is InChI=1S/C13H18N2O4/c1-3-4-5-6-10(13(18)19-2)15-12(17)9-7-8-11(16)14-9/h1,9-10H,4-8H2,2H3,(H,14,16)(H,15,17)/t9-,10+/m0/s1. The van der Waals surface area contributed by atoms with Crippen LogP contribution in [-0.2, 0) is 19.1 Å². The summed E-state index contributed by atoms with van der Waals surface area (Å²) in [5, 5.41) is 5.14. The van der Waals surface area contributed by atoms with Gasteiger partial charge in [0.1, 0.15) is 12.1 Å². The Morgan fingerprint density at radius 1 is 1.63 bits per heavy atom. The highest BCUT2D eigenvalue weighted by molar-refractivity contribution is 5.93. The van der Waals surface area contributed by atoms with Crippen LogP contribution < -0.4 is 10.6 Å². The first-order valence-electron chi connectivity index (χ1n) is 6.19. The number of hydrogen-bond donors (Lipinski definition) is 2. The molecule has 2 N–H and O–H groups in total. The van der Waals surface area contributed by atoms with Gasteiger partial charge in [0.2, 0.25) is 11.8 Å². The average Bonchev–Trinajstić information content (AvgIpc) is 2.83. The smallest absolute Gasteiger partial charge is 0.328 e. The molecule has 0 saturated carbocycles. The lowest BCUT2D eigenvalue weighted by Crippen LogP contribution is -2.49. The van der Waals surface area contributed by atoms with Crippen molar-refractivity contribution in [1.82, 2.24) is 10.6 Å². The van der Waals surface area contributed by atoms with Crippen molar-refractivity contribution in [2.75, 3.05) is 7.11 Å². The van der Waals surface area contributed by atoms with E-state index >= 15 is 0 Å². The van der Waals surface area contributed by atoms with Gasteiger partial charge >= 0.3 is 5.97 Å². The maximum atomic E-state index is 11.9. The molecule has 0 aromatic rings. The van der Waals surface area contributed by atoms with Gasteiger partial charge in [-0.05, 0) is 19.3 Å². The zero-order valence-electron chi connectivity index (χ0n) is 10.9. The lowest BCUT2D eigenvalue weighted by molar-refractivity contribution is -0.145. The summed E-state index contributed by atoms with van der Waals surface area (Å²) in [6, 6.07) is -1.28. The van der Waals surface area contributed by atoms with E-state index in [4.69, 9.17) is 6.42 Å². The van der Waals surface area contributed by atoms with Gasteiger partial charge in [0, 0.05) is 12.8 Å². The molecule has 1 saturated heterocycles. The van der Waals surface area contributed by atoms with E-state index in [0.29, 0.717) is 32.1 Å². The van der Waals surface area contributed by atoms with E-state index in [1.165, 1.54) is 7.11 Å². The Labute approximate surface area is 112 Å². The van der Waals surface area contributed by atoms with E-state index < -0.39 is 18.1 Å². The molecule has 0 aromatic carbocycles. The molecule has 6 nitrogen and oxygen atoms in total. The van der Waals surface area contributed by atoms with Crippen LogP contribution in [0.2, 0.25) is 0 Å². The summed E-state index contributed by atoms with van der Waals surface area (Å²) in [6.07, 6.45) is 7.49. The van der Waals surface area contributed by atoms with E-state index in [-0.39, 0.29) is 11.8 Å². The normalized spacial score (nSPS) is 19.2. The van der Waals surface area contributed by atoms with E-state index in [2.05, 4.69) is 21.3 Å². The Morgan fingerprint density at radius 2 is 2.37 bits per heavy atom. The molecular weight excluding hydrogens is 248 g/mol. The van der Waals surface area contributed by atoms with Crippen LogP contribution >= 0.6 is 0 Å². The zero-order chi connectivity index (χ0) is 14.3. The second-order valence-electron chi connectivity index (χ2n) is 4.34. The minimum Gasteiger partial charge on any atom is -0.467 e. The first-order valence-corrected chi connectivity index (χ1v) is 6.19. The predicted octanol–water partition coefficient (Wildman–Crippen LogP) is -0.274. The Kier molecular flexibility index (Phi) is 5.86. The van der Waals surface area contributed by atoms with Crippen LogP contribution in [0.5, 0.6) is 0 Å². The van der Waals surface area contributed by atoms with Crippen LogP contribution in [0.1, 0.15) is 32.1 Å². The highest BCUT2D eigenvalue weighted by atomic mass is 16.5. The number of unbranched alkanes of at least 4 members (excludes halogenated alkanes) is 1. The van der Waals surface area contributed by atoms with Crippen LogP contribution in [0.3, 0.4) is 0 Å². The molecule has 0 radical (unpaired) electrons. The molecule has 104 valence electrons. The van der Waals surface area contributed by atoms with Crippen molar-refractivity contribution in [3.8, 4) is 12.3 Å². The average molecular weight is 266 g/mol. The number of carbonyl (C=O) groups excluding carboxylic acids is 3. The van der Waals surface area contributed by atoms with Crippen molar-refractivity contribution < 1.29 is 19.1 Å². The molecule has 0 aliphatic carbocycles. The second-order valence-corrected chi connectivity index (χ2v) is 4.34. The molecule has 0 bridgehead atoms. The Bertz CT molecular complexity index is 400. The fraction of sp³-hybridized carbons (Fsp3) is 0.615. The van der Waals surface area contributed by atoms with Crippen molar-refractivity contribution in [3.63, 3.8) is 0 Å². The first kappa shape index (κ1) is 15.0. The van der Waals surface area contributed by atoms with Crippen molar-refractivity contribution in [2.24, 2.45) is 0 Å². The van der Waals surface area contributed by atoms with E-state index in [0.717, 1.165) is 0 Å². The van der Waals surface area contributed by atoms with Crippen molar-refractivity contribution in [2.45, 2.75) is 44.2 Å². The third kappa shape index (κ3) is 4.62. The maximum absolute atomic E-state index is 11.9. The van der Waals surface area contributed by atoms with Crippen molar-refractivity contribution in [1.29, 1.82) is 0 Å². The van der Waals surface area contributed by atoms with Gasteiger partial charge in [-0.2, -0.15) is 0 Å². The highest BCUT2D eigenvalue weighted by Crippen LogP contribution is 2.08. The molecule has 2 atom stereocenters. The highest BCUT2D eigenvalue weighted by Gasteiger charge is 2.30. The second kappa shape index (κ2) is 7.41. The zero-order valence-corrected chi connectivity index (χ0v) is 10.9. The van der Waals surface area contributed by atoms with E-state index in [1.54, 1.807) is 0 Å². The Morgan fingerprint density at radius 3 is 2.89 bits per heavy atom. The molecule has 0 unspecified atom stereocenters. The first-order chi connectivity index (χ1) is 9.08. The molecule has 1 aliphatic rings. The number of terminal acetylenes is 1. The van der Waals surface area contributed by atoms with Crippen LogP contribution in [-0.4, -0.2) is 37.0 Å². The number of rotatable bonds is 6. The molecule has 1 rings (SSSR count). The van der Waals surface area contributed by atoms with Gasteiger partial charge < -0.3 is 15.4 Å². The van der Waals surface area contributed by atoms with E-state index in [1.807, 2.05) is 0 Å². The fourth-order valence-corrected chi connectivity index (χ4v) is 1.88. The maximum Gasteiger partial charge on any atom is 0.328 e. The van der Waals surface area contributed by atoms with Crippen LogP contribution in [0, 0.1) is 12.3 Å². The van der Waals surface area contributed by atoms with Gasteiger partial charge in [-0.25, -0.2) is 4.79 Å². The monoisotopic (exact) mass is 266 g/mol. The number of esters is 1. The number of hydrogen-bond acceptors (Lipinski definition) is 4. The van der Waals surface area contributed by atoms with Gasteiger partial charge in [0.05, 0.1) is 7.11 Å². The summed E-state index contributed by atoms with van der Waals surface area (Å²) in [7, 11) is 1.26. The molecule has 19 heavy (non-hydrogen) atoms.